The average Bonchev–Trinajstić information content (AvgIpc) is 3.00. The number of rotatable bonds is 4. The molecule has 0 saturated heterocycles. The highest BCUT2D eigenvalue weighted by Crippen LogP contribution is 2.29. The van der Waals surface area contributed by atoms with Crippen molar-refractivity contribution in [1.29, 1.82) is 0 Å². The number of carbonyl (C=O) groups is 1. The SMILES string of the molecule is C#C[C@H](Nc1cccc(C(=O)O)c1)c1cc(Cl)cc2[nH]ncc12. The molecule has 6 heteroatoms. The molecule has 3 N–H and O–H groups in total. The summed E-state index contributed by atoms with van der Waals surface area (Å²) in [5, 5.41) is 20.5. The molecule has 1 atom stereocenters. The third kappa shape index (κ3) is 2.98. The van der Waals surface area contributed by atoms with Gasteiger partial charge in [0, 0.05) is 16.1 Å². The van der Waals surface area contributed by atoms with E-state index in [2.05, 4.69) is 21.4 Å². The summed E-state index contributed by atoms with van der Waals surface area (Å²) in [6, 6.07) is 9.54. The van der Waals surface area contributed by atoms with E-state index in [9.17, 15) is 4.79 Å². The number of hydrogen-bond acceptors (Lipinski definition) is 3. The smallest absolute Gasteiger partial charge is 0.335 e. The molecule has 3 rings (SSSR count). The molecule has 0 aliphatic heterocycles. The van der Waals surface area contributed by atoms with Gasteiger partial charge in [0.2, 0.25) is 0 Å². The zero-order chi connectivity index (χ0) is 16.4. The first-order valence-corrected chi connectivity index (χ1v) is 7.15. The molecule has 0 bridgehead atoms. The average molecular weight is 326 g/mol. The maximum Gasteiger partial charge on any atom is 0.335 e. The highest BCUT2D eigenvalue weighted by atomic mass is 35.5. The fraction of sp³-hybridized carbons (Fsp3) is 0.0588. The fourth-order valence-corrected chi connectivity index (χ4v) is 2.63. The molecule has 0 saturated carbocycles. The first-order valence-electron chi connectivity index (χ1n) is 6.77. The number of carboxylic acids is 1. The molecular formula is C17H12ClN3O2. The molecule has 0 spiro atoms. The summed E-state index contributed by atoms with van der Waals surface area (Å²) >= 11 is 6.13. The number of nitrogens with zero attached hydrogens (tertiary/aromatic N) is 1. The van der Waals surface area contributed by atoms with Crippen LogP contribution in [0.3, 0.4) is 0 Å². The van der Waals surface area contributed by atoms with Gasteiger partial charge in [-0.3, -0.25) is 5.10 Å². The van der Waals surface area contributed by atoms with Crippen LogP contribution in [0.25, 0.3) is 10.9 Å². The Balaban J connectivity index is 2.00. The molecular weight excluding hydrogens is 314 g/mol. The number of carboxylic acid groups (broad SMARTS) is 1. The third-order valence-electron chi connectivity index (χ3n) is 3.45. The number of aromatic carboxylic acids is 1. The highest BCUT2D eigenvalue weighted by Gasteiger charge is 2.15. The van der Waals surface area contributed by atoms with Gasteiger partial charge in [-0.2, -0.15) is 5.10 Å². The van der Waals surface area contributed by atoms with Crippen LogP contribution in [0.1, 0.15) is 22.0 Å². The van der Waals surface area contributed by atoms with Gasteiger partial charge in [0.05, 0.1) is 17.3 Å². The van der Waals surface area contributed by atoms with Crippen LogP contribution in [0.2, 0.25) is 5.02 Å². The van der Waals surface area contributed by atoms with Gasteiger partial charge in [-0.1, -0.05) is 23.6 Å². The summed E-state index contributed by atoms with van der Waals surface area (Å²) in [4.78, 5) is 11.1. The molecule has 1 heterocycles. The lowest BCUT2D eigenvalue weighted by Crippen LogP contribution is -2.09. The number of terminal acetylenes is 1. The summed E-state index contributed by atoms with van der Waals surface area (Å²) in [5.41, 5.74) is 2.38. The number of benzene rings is 2. The predicted molar refractivity (Wildman–Crippen MR) is 89.7 cm³/mol. The van der Waals surface area contributed by atoms with E-state index in [1.165, 1.54) is 12.1 Å². The summed E-state index contributed by atoms with van der Waals surface area (Å²) in [6.07, 6.45) is 7.34. The largest absolute Gasteiger partial charge is 0.478 e. The van der Waals surface area contributed by atoms with E-state index in [0.717, 1.165) is 16.5 Å². The van der Waals surface area contributed by atoms with E-state index in [-0.39, 0.29) is 5.56 Å². The zero-order valence-electron chi connectivity index (χ0n) is 11.9. The quantitative estimate of drug-likeness (QED) is 0.639. The van der Waals surface area contributed by atoms with E-state index in [0.29, 0.717) is 10.7 Å². The van der Waals surface area contributed by atoms with Crippen molar-refractivity contribution < 1.29 is 9.90 Å². The molecule has 0 amide bonds. The van der Waals surface area contributed by atoms with Crippen LogP contribution in [0.15, 0.2) is 42.6 Å². The van der Waals surface area contributed by atoms with Crippen molar-refractivity contribution in [3.63, 3.8) is 0 Å². The van der Waals surface area contributed by atoms with Crippen molar-refractivity contribution in [3.05, 3.63) is 58.7 Å². The Bertz CT molecular complexity index is 927. The topological polar surface area (TPSA) is 78.0 Å². The molecule has 2 aromatic carbocycles. The normalized spacial score (nSPS) is 11.8. The van der Waals surface area contributed by atoms with E-state index in [4.69, 9.17) is 23.1 Å². The lowest BCUT2D eigenvalue weighted by molar-refractivity contribution is 0.0697. The van der Waals surface area contributed by atoms with Gasteiger partial charge >= 0.3 is 5.97 Å². The number of aromatic amines is 1. The van der Waals surface area contributed by atoms with Gasteiger partial charge in [-0.25, -0.2) is 4.79 Å². The molecule has 0 fully saturated rings. The number of halogens is 1. The summed E-state index contributed by atoms with van der Waals surface area (Å²) in [6.45, 7) is 0. The van der Waals surface area contributed by atoms with Crippen LogP contribution in [-0.4, -0.2) is 21.3 Å². The molecule has 3 aromatic rings. The Labute approximate surface area is 137 Å². The lowest BCUT2D eigenvalue weighted by atomic mass is 10.0. The molecule has 0 radical (unpaired) electrons. The van der Waals surface area contributed by atoms with Gasteiger partial charge < -0.3 is 10.4 Å². The Hall–Kier alpha value is -2.97. The molecule has 0 aliphatic carbocycles. The van der Waals surface area contributed by atoms with Crippen molar-refractivity contribution in [3.8, 4) is 12.3 Å². The minimum Gasteiger partial charge on any atom is -0.478 e. The lowest BCUT2D eigenvalue weighted by Gasteiger charge is -2.16. The first-order chi connectivity index (χ1) is 11.1. The zero-order valence-corrected chi connectivity index (χ0v) is 12.6. The minimum atomic E-state index is -0.995. The first kappa shape index (κ1) is 14.9. The molecule has 0 unspecified atom stereocenters. The number of hydrogen-bond donors (Lipinski definition) is 3. The Kier molecular flexibility index (Phi) is 3.92. The Morgan fingerprint density at radius 1 is 1.39 bits per heavy atom. The van der Waals surface area contributed by atoms with Gasteiger partial charge in [0.15, 0.2) is 0 Å². The Morgan fingerprint density at radius 2 is 2.22 bits per heavy atom. The van der Waals surface area contributed by atoms with Crippen molar-refractivity contribution in [1.82, 2.24) is 10.2 Å². The van der Waals surface area contributed by atoms with E-state index in [1.807, 2.05) is 0 Å². The van der Waals surface area contributed by atoms with E-state index in [1.54, 1.807) is 30.5 Å². The number of aromatic nitrogens is 2. The monoisotopic (exact) mass is 325 g/mol. The van der Waals surface area contributed by atoms with Crippen molar-refractivity contribution in [2.75, 3.05) is 5.32 Å². The number of anilines is 1. The second kappa shape index (κ2) is 6.03. The second-order valence-corrected chi connectivity index (χ2v) is 5.39. The van der Waals surface area contributed by atoms with Crippen LogP contribution < -0.4 is 5.32 Å². The second-order valence-electron chi connectivity index (χ2n) is 4.96. The fourth-order valence-electron chi connectivity index (χ4n) is 2.40. The van der Waals surface area contributed by atoms with Gasteiger partial charge in [0.25, 0.3) is 0 Å². The van der Waals surface area contributed by atoms with Crippen LogP contribution in [0, 0.1) is 12.3 Å². The van der Waals surface area contributed by atoms with Gasteiger partial charge in [0.1, 0.15) is 6.04 Å². The predicted octanol–water partition coefficient (Wildman–Crippen LogP) is 3.70. The summed E-state index contributed by atoms with van der Waals surface area (Å²) < 4.78 is 0. The van der Waals surface area contributed by atoms with Crippen LogP contribution in [0.5, 0.6) is 0 Å². The molecule has 23 heavy (non-hydrogen) atoms. The standard InChI is InChI=1S/C17H12ClN3O2/c1-2-15(20-12-5-3-4-10(6-12)17(22)23)13-7-11(18)8-16-14(13)9-19-21-16/h1,3-9,15,20H,(H,19,21)(H,22,23)/t15-/m0/s1. The molecule has 114 valence electrons. The molecule has 1 aromatic heterocycles. The molecule has 5 nitrogen and oxygen atoms in total. The third-order valence-corrected chi connectivity index (χ3v) is 3.67. The maximum absolute atomic E-state index is 11.1. The van der Waals surface area contributed by atoms with Crippen molar-refractivity contribution in [2.24, 2.45) is 0 Å². The Morgan fingerprint density at radius 3 is 2.96 bits per heavy atom. The van der Waals surface area contributed by atoms with Crippen LogP contribution >= 0.6 is 11.6 Å². The maximum atomic E-state index is 11.1. The van der Waals surface area contributed by atoms with Crippen molar-refractivity contribution in [2.45, 2.75) is 6.04 Å². The highest BCUT2D eigenvalue weighted by molar-refractivity contribution is 6.31. The summed E-state index contributed by atoms with van der Waals surface area (Å²) in [7, 11) is 0. The molecule has 0 aliphatic rings. The van der Waals surface area contributed by atoms with Gasteiger partial charge in [-0.05, 0) is 35.9 Å². The van der Waals surface area contributed by atoms with Gasteiger partial charge in [-0.15, -0.1) is 6.42 Å². The number of nitrogens with one attached hydrogen (secondary N) is 2. The number of H-pyrrole nitrogens is 1. The van der Waals surface area contributed by atoms with Crippen LogP contribution in [0.4, 0.5) is 5.69 Å². The van der Waals surface area contributed by atoms with Crippen LogP contribution in [-0.2, 0) is 0 Å². The summed E-state index contributed by atoms with van der Waals surface area (Å²) in [5.74, 6) is 1.67. The number of fused-ring (bicyclic) bond motifs is 1. The van der Waals surface area contributed by atoms with E-state index < -0.39 is 12.0 Å². The van der Waals surface area contributed by atoms with E-state index >= 15 is 0 Å². The van der Waals surface area contributed by atoms with Crippen molar-refractivity contribution >= 4 is 34.2 Å². The minimum absolute atomic E-state index is 0.185.